The van der Waals surface area contributed by atoms with Crippen molar-refractivity contribution < 1.29 is 9.50 Å². The second-order valence-electron chi connectivity index (χ2n) is 7.56. The number of fused-ring (bicyclic) bond motifs is 1. The van der Waals surface area contributed by atoms with E-state index in [1.807, 2.05) is 49.0 Å². The number of anilines is 1. The lowest BCUT2D eigenvalue weighted by Crippen LogP contribution is -2.05. The third-order valence-electron chi connectivity index (χ3n) is 5.42. The molecule has 0 aliphatic carbocycles. The van der Waals surface area contributed by atoms with Crippen LogP contribution in [0.15, 0.2) is 54.9 Å². The number of halogens is 1. The van der Waals surface area contributed by atoms with Crippen molar-refractivity contribution in [3.05, 3.63) is 71.9 Å². The summed E-state index contributed by atoms with van der Waals surface area (Å²) in [4.78, 5) is 8.48. The summed E-state index contributed by atoms with van der Waals surface area (Å²) in [5.41, 5.74) is 11.3. The molecule has 0 radical (unpaired) electrons. The largest absolute Gasteiger partial charge is 0.508 e. The molecule has 2 aromatic carbocycles. The molecule has 9 heteroatoms. The van der Waals surface area contributed by atoms with Crippen LogP contribution in [0.5, 0.6) is 5.75 Å². The first-order valence-corrected chi connectivity index (χ1v) is 9.97. The second-order valence-corrected chi connectivity index (χ2v) is 7.56. The van der Waals surface area contributed by atoms with Crippen LogP contribution < -0.4 is 5.73 Å². The van der Waals surface area contributed by atoms with Crippen molar-refractivity contribution in [2.45, 2.75) is 13.5 Å². The van der Waals surface area contributed by atoms with Gasteiger partial charge in [-0.3, -0.25) is 4.68 Å². The Bertz CT molecular complexity index is 1440. The molecule has 0 bridgehead atoms. The summed E-state index contributed by atoms with van der Waals surface area (Å²) in [5, 5.41) is 19.7. The molecule has 0 aliphatic heterocycles. The minimum atomic E-state index is -0.576. The number of nitrogens with zero attached hydrogens (tertiary/aromatic N) is 6. The van der Waals surface area contributed by atoms with Crippen molar-refractivity contribution in [3.63, 3.8) is 0 Å². The number of aromatic nitrogens is 6. The van der Waals surface area contributed by atoms with Gasteiger partial charge in [0.1, 0.15) is 29.4 Å². The van der Waals surface area contributed by atoms with Crippen LogP contribution in [0.1, 0.15) is 11.3 Å². The Labute approximate surface area is 182 Å². The van der Waals surface area contributed by atoms with Crippen molar-refractivity contribution >= 4 is 16.9 Å². The number of hydrogen-bond acceptors (Lipinski definition) is 6. The molecule has 0 fully saturated rings. The van der Waals surface area contributed by atoms with Gasteiger partial charge < -0.3 is 10.8 Å². The lowest BCUT2D eigenvalue weighted by atomic mass is 10.1. The van der Waals surface area contributed by atoms with E-state index in [-0.39, 0.29) is 11.6 Å². The van der Waals surface area contributed by atoms with Gasteiger partial charge in [-0.15, -0.1) is 0 Å². The van der Waals surface area contributed by atoms with Crippen LogP contribution in [-0.4, -0.2) is 34.6 Å². The number of aromatic hydroxyl groups is 1. The van der Waals surface area contributed by atoms with Crippen LogP contribution in [0.25, 0.3) is 33.5 Å². The lowest BCUT2D eigenvalue weighted by molar-refractivity contribution is 0.469. The van der Waals surface area contributed by atoms with E-state index in [0.717, 1.165) is 28.6 Å². The third kappa shape index (κ3) is 3.24. The Morgan fingerprint density at radius 3 is 2.56 bits per heavy atom. The first kappa shape index (κ1) is 19.7. The first-order chi connectivity index (χ1) is 15.4. The molecule has 0 saturated heterocycles. The van der Waals surface area contributed by atoms with Gasteiger partial charge in [0, 0.05) is 29.8 Å². The molecule has 0 atom stereocenters. The summed E-state index contributed by atoms with van der Waals surface area (Å²) in [6.45, 7) is 2.32. The SMILES string of the molecule is Cc1nn(C)c(-c2ccccc2)c1Cn1nc(-c2cc(O)cc(F)c2)c2c(N)ncnc21. The van der Waals surface area contributed by atoms with Gasteiger partial charge in [-0.05, 0) is 19.1 Å². The lowest BCUT2D eigenvalue weighted by Gasteiger charge is -2.08. The fourth-order valence-corrected chi connectivity index (χ4v) is 4.05. The van der Waals surface area contributed by atoms with Crippen molar-refractivity contribution in [1.29, 1.82) is 0 Å². The summed E-state index contributed by atoms with van der Waals surface area (Å²) >= 11 is 0. The van der Waals surface area contributed by atoms with E-state index in [0.29, 0.717) is 28.8 Å². The highest BCUT2D eigenvalue weighted by atomic mass is 19.1. The molecule has 3 N–H and O–H groups in total. The molecule has 0 aliphatic rings. The normalized spacial score (nSPS) is 11.3. The molecule has 3 heterocycles. The van der Waals surface area contributed by atoms with Gasteiger partial charge >= 0.3 is 0 Å². The quantitative estimate of drug-likeness (QED) is 0.451. The predicted octanol–water partition coefficient (Wildman–Crippen LogP) is 3.68. The van der Waals surface area contributed by atoms with E-state index in [9.17, 15) is 9.50 Å². The van der Waals surface area contributed by atoms with E-state index in [1.165, 1.54) is 18.5 Å². The topological polar surface area (TPSA) is 108 Å². The summed E-state index contributed by atoms with van der Waals surface area (Å²) < 4.78 is 17.6. The molecule has 3 aromatic heterocycles. The zero-order chi connectivity index (χ0) is 22.4. The number of phenolic OH excluding ortho intramolecular Hbond substituents is 1. The summed E-state index contributed by atoms with van der Waals surface area (Å²) in [7, 11) is 1.90. The van der Waals surface area contributed by atoms with Crippen LogP contribution in [0, 0.1) is 12.7 Å². The number of nitrogens with two attached hydrogens (primary N) is 1. The molecule has 160 valence electrons. The standard InChI is InChI=1S/C23H20FN7O/c1-13-18(21(30(2)28-13)14-6-4-3-5-7-14)11-31-23-19(22(25)26-12-27-23)20(29-31)15-8-16(24)10-17(32)9-15/h3-10,12,32H,11H2,1-2H3,(H2,25,26,27). The number of nitrogen functional groups attached to an aromatic ring is 1. The Hall–Kier alpha value is -4.27. The fraction of sp³-hybridized carbons (Fsp3) is 0.130. The third-order valence-corrected chi connectivity index (χ3v) is 5.42. The Morgan fingerprint density at radius 1 is 1.03 bits per heavy atom. The maximum absolute atomic E-state index is 14.0. The number of benzene rings is 2. The first-order valence-electron chi connectivity index (χ1n) is 9.97. The molecular weight excluding hydrogens is 409 g/mol. The van der Waals surface area contributed by atoms with Crippen molar-refractivity contribution in [2.75, 3.05) is 5.73 Å². The molecule has 0 saturated carbocycles. The van der Waals surface area contributed by atoms with Gasteiger partial charge in [0.15, 0.2) is 5.65 Å². The Balaban J connectivity index is 1.70. The average molecular weight is 429 g/mol. The maximum atomic E-state index is 14.0. The number of rotatable bonds is 4. The molecular formula is C23H20FN7O. The smallest absolute Gasteiger partial charge is 0.164 e. The van der Waals surface area contributed by atoms with Gasteiger partial charge in [-0.1, -0.05) is 30.3 Å². The highest BCUT2D eigenvalue weighted by Crippen LogP contribution is 2.34. The summed E-state index contributed by atoms with van der Waals surface area (Å²) in [6, 6.07) is 13.8. The zero-order valence-corrected chi connectivity index (χ0v) is 17.5. The van der Waals surface area contributed by atoms with Crippen molar-refractivity contribution in [2.24, 2.45) is 7.05 Å². The van der Waals surface area contributed by atoms with Crippen LogP contribution in [0.2, 0.25) is 0 Å². The molecule has 0 unspecified atom stereocenters. The number of aryl methyl sites for hydroxylation is 2. The van der Waals surface area contributed by atoms with E-state index in [1.54, 1.807) is 4.68 Å². The average Bonchev–Trinajstić information content (AvgIpc) is 3.26. The Morgan fingerprint density at radius 2 is 1.81 bits per heavy atom. The summed E-state index contributed by atoms with van der Waals surface area (Å²) in [5.74, 6) is -0.550. The monoisotopic (exact) mass is 429 g/mol. The molecule has 5 aromatic rings. The van der Waals surface area contributed by atoms with Crippen LogP contribution in [-0.2, 0) is 13.6 Å². The number of phenols is 1. The maximum Gasteiger partial charge on any atom is 0.164 e. The van der Waals surface area contributed by atoms with E-state index >= 15 is 0 Å². The van der Waals surface area contributed by atoms with Gasteiger partial charge in [-0.25, -0.2) is 19.0 Å². The van der Waals surface area contributed by atoms with Crippen molar-refractivity contribution in [3.8, 4) is 28.3 Å². The van der Waals surface area contributed by atoms with E-state index < -0.39 is 5.82 Å². The molecule has 0 amide bonds. The zero-order valence-electron chi connectivity index (χ0n) is 17.5. The second kappa shape index (κ2) is 7.45. The van der Waals surface area contributed by atoms with Crippen LogP contribution >= 0.6 is 0 Å². The predicted molar refractivity (Wildman–Crippen MR) is 119 cm³/mol. The van der Waals surface area contributed by atoms with Crippen LogP contribution in [0.4, 0.5) is 10.2 Å². The minimum absolute atomic E-state index is 0.201. The minimum Gasteiger partial charge on any atom is -0.508 e. The Kier molecular flexibility index (Phi) is 4.58. The fourth-order valence-electron chi connectivity index (χ4n) is 4.05. The van der Waals surface area contributed by atoms with Gasteiger partial charge in [0.2, 0.25) is 0 Å². The van der Waals surface area contributed by atoms with E-state index in [4.69, 9.17) is 10.8 Å². The molecule has 32 heavy (non-hydrogen) atoms. The molecule has 0 spiro atoms. The number of hydrogen-bond donors (Lipinski definition) is 2. The summed E-state index contributed by atoms with van der Waals surface area (Å²) in [6.07, 6.45) is 1.37. The van der Waals surface area contributed by atoms with Gasteiger partial charge in [0.05, 0.1) is 23.3 Å². The van der Waals surface area contributed by atoms with Gasteiger partial charge in [-0.2, -0.15) is 10.2 Å². The molecule has 5 rings (SSSR count). The highest BCUT2D eigenvalue weighted by Gasteiger charge is 2.21. The molecule has 8 nitrogen and oxygen atoms in total. The van der Waals surface area contributed by atoms with Crippen LogP contribution in [0.3, 0.4) is 0 Å². The highest BCUT2D eigenvalue weighted by molar-refractivity contribution is 5.98. The van der Waals surface area contributed by atoms with Gasteiger partial charge in [0.25, 0.3) is 0 Å². The van der Waals surface area contributed by atoms with E-state index in [2.05, 4.69) is 15.1 Å². The van der Waals surface area contributed by atoms with Crippen molar-refractivity contribution in [1.82, 2.24) is 29.5 Å².